The molecule has 1 aromatic rings. The van der Waals surface area contributed by atoms with Crippen molar-refractivity contribution in [1.82, 2.24) is 10.3 Å². The Labute approximate surface area is 128 Å². The molecule has 1 unspecified atom stereocenters. The van der Waals surface area contributed by atoms with Crippen LogP contribution >= 0.6 is 11.3 Å². The number of hydrogen-bond donors (Lipinski definition) is 1. The van der Waals surface area contributed by atoms with Crippen LogP contribution in [0.2, 0.25) is 0 Å². The average molecular weight is 298 g/mol. The van der Waals surface area contributed by atoms with Gasteiger partial charge in [-0.3, -0.25) is 0 Å². The molecule has 1 rings (SSSR count). The van der Waals surface area contributed by atoms with Crippen LogP contribution in [0.1, 0.15) is 69.9 Å². The third-order valence-electron chi connectivity index (χ3n) is 3.68. The molecule has 116 valence electrons. The molecular weight excluding hydrogens is 266 g/mol. The minimum absolute atomic E-state index is 0.554. The van der Waals surface area contributed by atoms with Gasteiger partial charge in [0, 0.05) is 25.0 Å². The van der Waals surface area contributed by atoms with Crippen molar-refractivity contribution in [3.63, 3.8) is 0 Å². The summed E-state index contributed by atoms with van der Waals surface area (Å²) in [7, 11) is 2.16. The molecule has 0 saturated carbocycles. The number of aromatic nitrogens is 1. The van der Waals surface area contributed by atoms with Crippen molar-refractivity contribution >= 4 is 16.5 Å². The smallest absolute Gasteiger partial charge is 0.185 e. The van der Waals surface area contributed by atoms with Gasteiger partial charge in [-0.15, -0.1) is 11.3 Å². The fraction of sp³-hybridized carbons (Fsp3) is 0.812. The molecule has 0 aliphatic carbocycles. The standard InChI is InChI=1S/C16H31N3S/c1-6-9-11-19(5)16-18-15(13(4)8-3)14(20-16)12-17-10-7-2/h13,17H,6-12H2,1-5H3. The van der Waals surface area contributed by atoms with Crippen LogP contribution in [0, 0.1) is 0 Å². The van der Waals surface area contributed by atoms with Gasteiger partial charge in [-0.2, -0.15) is 0 Å². The molecule has 0 bridgehead atoms. The van der Waals surface area contributed by atoms with Crippen molar-refractivity contribution in [2.75, 3.05) is 25.0 Å². The Morgan fingerprint density at radius 1 is 1.25 bits per heavy atom. The predicted octanol–water partition coefficient (Wildman–Crippen LogP) is 4.39. The Kier molecular flexibility index (Phi) is 8.15. The fourth-order valence-corrected chi connectivity index (χ4v) is 3.23. The summed E-state index contributed by atoms with van der Waals surface area (Å²) in [5.74, 6) is 0.554. The molecule has 0 aliphatic rings. The van der Waals surface area contributed by atoms with E-state index in [0.29, 0.717) is 5.92 Å². The minimum Gasteiger partial charge on any atom is -0.351 e. The zero-order chi connectivity index (χ0) is 15.0. The van der Waals surface area contributed by atoms with E-state index in [-0.39, 0.29) is 0 Å². The van der Waals surface area contributed by atoms with Gasteiger partial charge in [-0.25, -0.2) is 4.98 Å². The van der Waals surface area contributed by atoms with E-state index in [1.165, 1.54) is 35.0 Å². The zero-order valence-corrected chi connectivity index (χ0v) is 14.6. The highest BCUT2D eigenvalue weighted by Gasteiger charge is 2.17. The highest BCUT2D eigenvalue weighted by atomic mass is 32.1. The van der Waals surface area contributed by atoms with Gasteiger partial charge in [0.2, 0.25) is 0 Å². The van der Waals surface area contributed by atoms with E-state index < -0.39 is 0 Å². The summed E-state index contributed by atoms with van der Waals surface area (Å²) < 4.78 is 0. The van der Waals surface area contributed by atoms with E-state index in [9.17, 15) is 0 Å². The maximum atomic E-state index is 4.92. The second-order valence-electron chi connectivity index (χ2n) is 5.57. The summed E-state index contributed by atoms with van der Waals surface area (Å²) in [6.07, 6.45) is 4.81. The van der Waals surface area contributed by atoms with E-state index >= 15 is 0 Å². The summed E-state index contributed by atoms with van der Waals surface area (Å²) in [6.45, 7) is 12.1. The first-order valence-electron chi connectivity index (χ1n) is 8.05. The normalized spacial score (nSPS) is 12.7. The Morgan fingerprint density at radius 3 is 2.60 bits per heavy atom. The summed E-state index contributed by atoms with van der Waals surface area (Å²) in [5, 5.41) is 4.70. The van der Waals surface area contributed by atoms with Crippen molar-refractivity contribution in [3.05, 3.63) is 10.6 Å². The largest absolute Gasteiger partial charge is 0.351 e. The lowest BCUT2D eigenvalue weighted by molar-refractivity contribution is 0.655. The van der Waals surface area contributed by atoms with Crippen LogP contribution < -0.4 is 10.2 Å². The molecule has 0 spiro atoms. The zero-order valence-electron chi connectivity index (χ0n) is 13.8. The van der Waals surface area contributed by atoms with Crippen LogP contribution in [0.5, 0.6) is 0 Å². The first kappa shape index (κ1) is 17.4. The van der Waals surface area contributed by atoms with Gasteiger partial charge in [0.05, 0.1) is 5.69 Å². The van der Waals surface area contributed by atoms with Crippen LogP contribution in [0.25, 0.3) is 0 Å². The summed E-state index contributed by atoms with van der Waals surface area (Å²) in [5.41, 5.74) is 1.31. The minimum atomic E-state index is 0.554. The molecular formula is C16H31N3S. The van der Waals surface area contributed by atoms with Crippen LogP contribution in [0.3, 0.4) is 0 Å². The van der Waals surface area contributed by atoms with E-state index in [0.717, 1.165) is 26.1 Å². The number of nitrogens with one attached hydrogen (secondary N) is 1. The van der Waals surface area contributed by atoms with Gasteiger partial charge in [0.1, 0.15) is 0 Å². The molecule has 0 aromatic carbocycles. The summed E-state index contributed by atoms with van der Waals surface area (Å²) >= 11 is 1.86. The number of anilines is 1. The van der Waals surface area contributed by atoms with Crippen LogP contribution in [-0.2, 0) is 6.54 Å². The first-order valence-corrected chi connectivity index (χ1v) is 8.87. The molecule has 1 N–H and O–H groups in total. The Balaban J connectivity index is 2.81. The van der Waals surface area contributed by atoms with Gasteiger partial charge in [0.15, 0.2) is 5.13 Å². The van der Waals surface area contributed by atoms with Crippen molar-refractivity contribution in [2.24, 2.45) is 0 Å². The fourth-order valence-electron chi connectivity index (χ4n) is 2.09. The number of rotatable bonds is 10. The molecule has 1 aromatic heterocycles. The number of thiazole rings is 1. The number of unbranched alkanes of at least 4 members (excludes halogenated alkanes) is 1. The number of hydrogen-bond acceptors (Lipinski definition) is 4. The number of nitrogens with zero attached hydrogens (tertiary/aromatic N) is 2. The maximum Gasteiger partial charge on any atom is 0.185 e. The highest BCUT2D eigenvalue weighted by molar-refractivity contribution is 7.15. The van der Waals surface area contributed by atoms with Crippen LogP contribution in [0.4, 0.5) is 5.13 Å². The van der Waals surface area contributed by atoms with E-state index in [2.05, 4.69) is 45.0 Å². The third kappa shape index (κ3) is 5.06. The Morgan fingerprint density at radius 2 is 2.00 bits per heavy atom. The van der Waals surface area contributed by atoms with E-state index in [1.807, 2.05) is 11.3 Å². The van der Waals surface area contributed by atoms with Crippen molar-refractivity contribution in [1.29, 1.82) is 0 Å². The summed E-state index contributed by atoms with van der Waals surface area (Å²) in [4.78, 5) is 8.65. The predicted molar refractivity (Wildman–Crippen MR) is 91.0 cm³/mol. The van der Waals surface area contributed by atoms with Crippen molar-refractivity contribution in [3.8, 4) is 0 Å². The van der Waals surface area contributed by atoms with Crippen LogP contribution in [0.15, 0.2) is 0 Å². The van der Waals surface area contributed by atoms with Crippen molar-refractivity contribution < 1.29 is 0 Å². The highest BCUT2D eigenvalue weighted by Crippen LogP contribution is 2.31. The lowest BCUT2D eigenvalue weighted by atomic mass is 10.0. The second-order valence-corrected chi connectivity index (χ2v) is 6.63. The average Bonchev–Trinajstić information content (AvgIpc) is 2.88. The van der Waals surface area contributed by atoms with Gasteiger partial charge in [-0.05, 0) is 31.7 Å². The van der Waals surface area contributed by atoms with Crippen LogP contribution in [-0.4, -0.2) is 25.1 Å². The van der Waals surface area contributed by atoms with Crippen molar-refractivity contribution in [2.45, 2.75) is 65.8 Å². The van der Waals surface area contributed by atoms with Gasteiger partial charge in [-0.1, -0.05) is 34.1 Å². The monoisotopic (exact) mass is 297 g/mol. The first-order chi connectivity index (χ1) is 9.63. The second kappa shape index (κ2) is 9.35. The lowest BCUT2D eigenvalue weighted by Crippen LogP contribution is -2.18. The Hall–Kier alpha value is -0.610. The van der Waals surface area contributed by atoms with Gasteiger partial charge < -0.3 is 10.2 Å². The SMILES string of the molecule is CCCCN(C)c1nc(C(C)CC)c(CNCCC)s1. The van der Waals surface area contributed by atoms with E-state index in [4.69, 9.17) is 4.98 Å². The van der Waals surface area contributed by atoms with Gasteiger partial charge >= 0.3 is 0 Å². The molecule has 0 fully saturated rings. The molecule has 20 heavy (non-hydrogen) atoms. The lowest BCUT2D eigenvalue weighted by Gasteiger charge is -2.14. The quantitative estimate of drug-likeness (QED) is 0.649. The molecule has 4 heteroatoms. The maximum absolute atomic E-state index is 4.92. The molecule has 1 atom stereocenters. The topological polar surface area (TPSA) is 28.2 Å². The third-order valence-corrected chi connectivity index (χ3v) is 4.87. The molecule has 0 saturated heterocycles. The van der Waals surface area contributed by atoms with E-state index in [1.54, 1.807) is 0 Å². The molecule has 0 aliphatic heterocycles. The Bertz CT molecular complexity index is 376. The molecule has 3 nitrogen and oxygen atoms in total. The van der Waals surface area contributed by atoms with Gasteiger partial charge in [0.25, 0.3) is 0 Å². The molecule has 1 heterocycles. The summed E-state index contributed by atoms with van der Waals surface area (Å²) in [6, 6.07) is 0. The molecule has 0 amide bonds. The molecule has 0 radical (unpaired) electrons.